The summed E-state index contributed by atoms with van der Waals surface area (Å²) in [4.78, 5) is 19.7. The molecule has 1 N–H and O–H groups in total. The third-order valence-electron chi connectivity index (χ3n) is 6.71. The lowest BCUT2D eigenvalue weighted by Crippen LogP contribution is -2.34. The van der Waals surface area contributed by atoms with E-state index in [1.165, 1.54) is 24.2 Å². The first-order chi connectivity index (χ1) is 14.1. The van der Waals surface area contributed by atoms with Gasteiger partial charge in [0.05, 0.1) is 11.1 Å². The highest BCUT2D eigenvalue weighted by Crippen LogP contribution is 2.53. The number of nitrogens with zero attached hydrogens (tertiary/aromatic N) is 2. The van der Waals surface area contributed by atoms with E-state index in [1.54, 1.807) is 6.07 Å². The van der Waals surface area contributed by atoms with Crippen molar-refractivity contribution in [1.29, 1.82) is 0 Å². The van der Waals surface area contributed by atoms with Crippen molar-refractivity contribution in [3.05, 3.63) is 45.3 Å². The standard InChI is InChI=1S/C24H28N2O3S/c1-14-11-30-21(25-14)17-7-15-5-6-19(27)18(20(15)29-22(17)28)10-26-13-24(4)9-16(26)8-23(2,3)12-24/h5-7,11,16,27H,8-10,12-13H2,1-4H3/t16-,24+/m0/s1. The highest BCUT2D eigenvalue weighted by atomic mass is 32.1. The predicted octanol–water partition coefficient (Wildman–Crippen LogP) is 5.33. The Morgan fingerprint density at radius 3 is 2.83 bits per heavy atom. The number of benzene rings is 1. The Bertz CT molecular complexity index is 1190. The number of hydrogen-bond donors (Lipinski definition) is 1. The molecule has 1 saturated carbocycles. The second kappa shape index (κ2) is 6.66. The molecule has 5 nitrogen and oxygen atoms in total. The van der Waals surface area contributed by atoms with Crippen LogP contribution in [-0.4, -0.2) is 27.6 Å². The molecule has 3 aromatic rings. The van der Waals surface area contributed by atoms with Gasteiger partial charge in [0.2, 0.25) is 0 Å². The van der Waals surface area contributed by atoms with Gasteiger partial charge in [0.25, 0.3) is 0 Å². The Labute approximate surface area is 180 Å². The van der Waals surface area contributed by atoms with Crippen molar-refractivity contribution in [3.8, 4) is 16.3 Å². The number of aromatic hydroxyl groups is 1. The van der Waals surface area contributed by atoms with E-state index in [9.17, 15) is 9.90 Å². The second-order valence-corrected chi connectivity index (χ2v) is 11.2. The summed E-state index contributed by atoms with van der Waals surface area (Å²) in [5.74, 6) is 0.189. The minimum atomic E-state index is -0.406. The van der Waals surface area contributed by atoms with E-state index >= 15 is 0 Å². The lowest BCUT2D eigenvalue weighted by Gasteiger charge is -2.40. The SMILES string of the molecule is Cc1csc(-c2cc3ccc(O)c(CN4C[C@]5(C)C[C@@H]4CC(C)(C)C5)c3oc2=O)n1. The topological polar surface area (TPSA) is 66.6 Å². The fourth-order valence-corrected chi connectivity index (χ4v) is 6.78. The molecule has 1 aliphatic carbocycles. The highest BCUT2D eigenvalue weighted by Gasteiger charge is 2.49. The van der Waals surface area contributed by atoms with Gasteiger partial charge in [-0.15, -0.1) is 11.3 Å². The summed E-state index contributed by atoms with van der Waals surface area (Å²) >= 11 is 1.44. The van der Waals surface area contributed by atoms with E-state index in [0.29, 0.717) is 45.1 Å². The molecule has 3 heterocycles. The number of fused-ring (bicyclic) bond motifs is 3. The van der Waals surface area contributed by atoms with Gasteiger partial charge in [-0.2, -0.15) is 0 Å². The van der Waals surface area contributed by atoms with Crippen LogP contribution in [0.2, 0.25) is 0 Å². The zero-order valence-electron chi connectivity index (χ0n) is 18.0. The fraction of sp³-hybridized carbons (Fsp3) is 0.500. The summed E-state index contributed by atoms with van der Waals surface area (Å²) in [5, 5.41) is 14.1. The number of likely N-dealkylation sites (tertiary alicyclic amines) is 1. The quantitative estimate of drug-likeness (QED) is 0.576. The minimum absolute atomic E-state index is 0.189. The molecule has 0 unspecified atom stereocenters. The van der Waals surface area contributed by atoms with Crippen molar-refractivity contribution in [2.75, 3.05) is 6.54 Å². The van der Waals surface area contributed by atoms with Crippen LogP contribution in [-0.2, 0) is 6.54 Å². The number of hydrogen-bond acceptors (Lipinski definition) is 6. The summed E-state index contributed by atoms with van der Waals surface area (Å²) in [6, 6.07) is 5.86. The fourth-order valence-electron chi connectivity index (χ4n) is 5.98. The van der Waals surface area contributed by atoms with Gasteiger partial charge in [-0.25, -0.2) is 9.78 Å². The maximum Gasteiger partial charge on any atom is 0.346 e. The zero-order chi connectivity index (χ0) is 21.3. The van der Waals surface area contributed by atoms with Gasteiger partial charge < -0.3 is 9.52 Å². The molecule has 2 aliphatic rings. The van der Waals surface area contributed by atoms with E-state index in [-0.39, 0.29) is 5.75 Å². The Balaban J connectivity index is 1.54. The Morgan fingerprint density at radius 2 is 2.10 bits per heavy atom. The summed E-state index contributed by atoms with van der Waals surface area (Å²) in [6.45, 7) is 10.6. The third-order valence-corrected chi connectivity index (χ3v) is 7.71. The van der Waals surface area contributed by atoms with Crippen LogP contribution in [0.3, 0.4) is 0 Å². The number of rotatable bonds is 3. The van der Waals surface area contributed by atoms with E-state index < -0.39 is 5.63 Å². The highest BCUT2D eigenvalue weighted by molar-refractivity contribution is 7.13. The van der Waals surface area contributed by atoms with Gasteiger partial charge in [-0.3, -0.25) is 4.90 Å². The molecule has 0 radical (unpaired) electrons. The largest absolute Gasteiger partial charge is 0.507 e. The van der Waals surface area contributed by atoms with Gasteiger partial charge in [0.15, 0.2) is 0 Å². The molecule has 1 saturated heterocycles. The molecule has 2 bridgehead atoms. The van der Waals surface area contributed by atoms with E-state index in [1.807, 2.05) is 24.4 Å². The first-order valence-corrected chi connectivity index (χ1v) is 11.5. The molecule has 2 aromatic heterocycles. The summed E-state index contributed by atoms with van der Waals surface area (Å²) in [6.07, 6.45) is 3.57. The van der Waals surface area contributed by atoms with Crippen molar-refractivity contribution in [2.45, 2.75) is 59.5 Å². The summed E-state index contributed by atoms with van der Waals surface area (Å²) in [5.41, 5.74) is 2.80. The van der Waals surface area contributed by atoms with Crippen molar-refractivity contribution >= 4 is 22.3 Å². The molecule has 0 spiro atoms. The lowest BCUT2D eigenvalue weighted by molar-refractivity contribution is 0.126. The minimum Gasteiger partial charge on any atom is -0.507 e. The number of thiazole rings is 1. The third kappa shape index (κ3) is 3.36. The number of phenolic OH excluding ortho intramolecular Hbond substituents is 1. The van der Waals surface area contributed by atoms with Gasteiger partial charge in [0, 0.05) is 35.6 Å². The van der Waals surface area contributed by atoms with Gasteiger partial charge >= 0.3 is 5.63 Å². The van der Waals surface area contributed by atoms with E-state index in [0.717, 1.165) is 24.0 Å². The molecule has 2 atom stereocenters. The van der Waals surface area contributed by atoms with Crippen LogP contribution < -0.4 is 5.63 Å². The van der Waals surface area contributed by atoms with Crippen LogP contribution >= 0.6 is 11.3 Å². The van der Waals surface area contributed by atoms with Crippen molar-refractivity contribution in [1.82, 2.24) is 9.88 Å². The van der Waals surface area contributed by atoms with Gasteiger partial charge in [-0.1, -0.05) is 20.8 Å². The summed E-state index contributed by atoms with van der Waals surface area (Å²) in [7, 11) is 0. The molecule has 1 aliphatic heterocycles. The number of phenols is 1. The molecular weight excluding hydrogens is 396 g/mol. The molecule has 30 heavy (non-hydrogen) atoms. The summed E-state index contributed by atoms with van der Waals surface area (Å²) < 4.78 is 5.78. The van der Waals surface area contributed by atoms with Crippen molar-refractivity contribution < 1.29 is 9.52 Å². The molecule has 2 fully saturated rings. The molecule has 0 amide bonds. The van der Waals surface area contributed by atoms with Gasteiger partial charge in [0.1, 0.15) is 16.3 Å². The van der Waals surface area contributed by atoms with E-state index in [4.69, 9.17) is 4.42 Å². The van der Waals surface area contributed by atoms with Crippen LogP contribution in [0.15, 0.2) is 32.8 Å². The second-order valence-electron chi connectivity index (χ2n) is 10.3. The molecule has 5 rings (SSSR count). The van der Waals surface area contributed by atoms with Crippen molar-refractivity contribution in [2.24, 2.45) is 10.8 Å². The van der Waals surface area contributed by atoms with Crippen LogP contribution in [0.4, 0.5) is 0 Å². The molecule has 1 aromatic carbocycles. The van der Waals surface area contributed by atoms with Crippen LogP contribution in [0.25, 0.3) is 21.5 Å². The Hall–Kier alpha value is -2.18. The van der Waals surface area contributed by atoms with E-state index in [2.05, 4.69) is 30.7 Å². The average Bonchev–Trinajstić information content (AvgIpc) is 3.16. The molecular formula is C24H28N2O3S. The monoisotopic (exact) mass is 424 g/mol. The smallest absolute Gasteiger partial charge is 0.346 e. The normalized spacial score (nSPS) is 25.8. The average molecular weight is 425 g/mol. The maximum absolute atomic E-state index is 12.8. The van der Waals surface area contributed by atoms with Crippen LogP contribution in [0.1, 0.15) is 51.3 Å². The number of aryl methyl sites for hydroxylation is 1. The number of aromatic nitrogens is 1. The molecule has 6 heteroatoms. The van der Waals surface area contributed by atoms with Crippen LogP contribution in [0, 0.1) is 17.8 Å². The van der Waals surface area contributed by atoms with Gasteiger partial charge in [-0.05, 0) is 55.2 Å². The zero-order valence-corrected chi connectivity index (χ0v) is 18.8. The lowest BCUT2D eigenvalue weighted by atomic mass is 9.65. The maximum atomic E-state index is 12.8. The Kier molecular flexibility index (Phi) is 4.39. The predicted molar refractivity (Wildman–Crippen MR) is 120 cm³/mol. The molecule has 158 valence electrons. The first-order valence-electron chi connectivity index (χ1n) is 10.6. The first kappa shape index (κ1) is 19.8. The van der Waals surface area contributed by atoms with Crippen molar-refractivity contribution in [3.63, 3.8) is 0 Å². The Morgan fingerprint density at radius 1 is 1.30 bits per heavy atom. The van der Waals surface area contributed by atoms with Crippen LogP contribution in [0.5, 0.6) is 5.75 Å².